The highest BCUT2D eigenvalue weighted by molar-refractivity contribution is 7.91. The van der Waals surface area contributed by atoms with Crippen molar-refractivity contribution in [2.24, 2.45) is 5.92 Å². The Morgan fingerprint density at radius 2 is 1.96 bits per heavy atom. The molecule has 1 fully saturated rings. The number of rotatable bonds is 5. The first kappa shape index (κ1) is 16.6. The molecule has 0 bridgehead atoms. The second kappa shape index (κ2) is 6.73. The van der Waals surface area contributed by atoms with Crippen molar-refractivity contribution >= 4 is 21.4 Å². The summed E-state index contributed by atoms with van der Waals surface area (Å²) in [5.41, 5.74) is 3.09. The van der Waals surface area contributed by atoms with Gasteiger partial charge in [0.2, 0.25) is 0 Å². The minimum atomic E-state index is -3.33. The summed E-state index contributed by atoms with van der Waals surface area (Å²) in [7, 11) is -3.33. The lowest BCUT2D eigenvalue weighted by Crippen LogP contribution is -2.28. The number of hydrogen-bond donors (Lipinski definition) is 1. The van der Waals surface area contributed by atoms with Crippen molar-refractivity contribution in [2.45, 2.75) is 30.6 Å². The highest BCUT2D eigenvalue weighted by Gasteiger charge is 2.33. The maximum absolute atomic E-state index is 12.6. The quantitative estimate of drug-likeness (QED) is 0.901. The van der Waals surface area contributed by atoms with Gasteiger partial charge in [-0.3, -0.25) is 0 Å². The summed E-state index contributed by atoms with van der Waals surface area (Å²) in [4.78, 5) is 0. The number of sulfonamides is 1. The van der Waals surface area contributed by atoms with Crippen LogP contribution in [0.25, 0.3) is 0 Å². The highest BCUT2D eigenvalue weighted by atomic mass is 32.2. The van der Waals surface area contributed by atoms with Crippen LogP contribution < -0.4 is 0 Å². The zero-order valence-corrected chi connectivity index (χ0v) is 14.7. The summed E-state index contributed by atoms with van der Waals surface area (Å²) in [5.74, 6) is 0.353. The van der Waals surface area contributed by atoms with Crippen LogP contribution in [0.2, 0.25) is 0 Å². The first-order valence-corrected chi connectivity index (χ1v) is 10.0. The van der Waals surface area contributed by atoms with Crippen molar-refractivity contribution in [3.05, 3.63) is 52.4 Å². The molecular weight excluding hydrogens is 330 g/mol. The molecule has 0 spiro atoms. The van der Waals surface area contributed by atoms with Crippen LogP contribution >= 0.6 is 11.3 Å². The summed E-state index contributed by atoms with van der Waals surface area (Å²) in [6.45, 7) is 3.15. The van der Waals surface area contributed by atoms with E-state index in [-0.39, 0.29) is 6.61 Å². The fraction of sp³-hybridized carbons (Fsp3) is 0.412. The molecule has 0 aliphatic carbocycles. The average molecular weight is 351 g/mol. The lowest BCUT2D eigenvalue weighted by atomic mass is 9.98. The van der Waals surface area contributed by atoms with E-state index in [0.717, 1.165) is 24.0 Å². The minimum absolute atomic E-state index is 0.0515. The third-order valence-corrected chi connectivity index (χ3v) is 7.68. The molecule has 3 rings (SSSR count). The molecule has 1 aliphatic heterocycles. The van der Waals surface area contributed by atoms with Crippen LogP contribution in [0, 0.1) is 12.8 Å². The lowest BCUT2D eigenvalue weighted by molar-refractivity contribution is 0.282. The molecule has 124 valence electrons. The van der Waals surface area contributed by atoms with E-state index < -0.39 is 10.0 Å². The zero-order chi connectivity index (χ0) is 16.4. The van der Waals surface area contributed by atoms with Gasteiger partial charge in [0.25, 0.3) is 10.0 Å². The maximum Gasteiger partial charge on any atom is 0.252 e. The first-order valence-electron chi connectivity index (χ1n) is 7.73. The first-order chi connectivity index (χ1) is 11.0. The summed E-state index contributed by atoms with van der Waals surface area (Å²) in [5, 5.41) is 11.0. The van der Waals surface area contributed by atoms with Crippen molar-refractivity contribution in [1.82, 2.24) is 4.31 Å². The number of nitrogens with zero attached hydrogens (tertiary/aromatic N) is 1. The smallest absolute Gasteiger partial charge is 0.252 e. The van der Waals surface area contributed by atoms with E-state index in [2.05, 4.69) is 0 Å². The van der Waals surface area contributed by atoms with Crippen LogP contribution in [0.1, 0.15) is 23.1 Å². The van der Waals surface area contributed by atoms with E-state index in [4.69, 9.17) is 5.11 Å². The van der Waals surface area contributed by atoms with Gasteiger partial charge in [0.05, 0.1) is 6.61 Å². The molecule has 2 aromatic rings. The number of aryl methyl sites for hydroxylation is 1. The Morgan fingerprint density at radius 3 is 2.57 bits per heavy atom. The normalized spacial score (nSPS) is 19.3. The summed E-state index contributed by atoms with van der Waals surface area (Å²) in [6, 6.07) is 9.64. The van der Waals surface area contributed by atoms with E-state index in [1.165, 1.54) is 16.9 Å². The van der Waals surface area contributed by atoms with Crippen LogP contribution in [-0.4, -0.2) is 30.9 Å². The molecule has 0 unspecified atom stereocenters. The zero-order valence-electron chi connectivity index (χ0n) is 13.1. The van der Waals surface area contributed by atoms with E-state index in [1.807, 2.05) is 36.6 Å². The Labute approximate surface area is 141 Å². The summed E-state index contributed by atoms with van der Waals surface area (Å²) >= 11 is 1.30. The van der Waals surface area contributed by atoms with Crippen molar-refractivity contribution in [1.29, 1.82) is 0 Å². The van der Waals surface area contributed by atoms with Gasteiger partial charge < -0.3 is 5.11 Å². The topological polar surface area (TPSA) is 57.6 Å². The third-order valence-electron chi connectivity index (χ3n) is 4.28. The van der Waals surface area contributed by atoms with E-state index in [9.17, 15) is 8.42 Å². The molecule has 0 saturated carbocycles. The molecule has 4 nitrogen and oxygen atoms in total. The van der Waals surface area contributed by atoms with Gasteiger partial charge in [0, 0.05) is 13.1 Å². The van der Waals surface area contributed by atoms with E-state index >= 15 is 0 Å². The van der Waals surface area contributed by atoms with E-state index in [1.54, 1.807) is 10.4 Å². The van der Waals surface area contributed by atoms with Crippen molar-refractivity contribution in [2.75, 3.05) is 13.1 Å². The molecule has 1 atom stereocenters. The fourth-order valence-electron chi connectivity index (χ4n) is 2.96. The SMILES string of the molecule is Cc1csc(S(=O)(=O)N2CC[C@@H](Cc3ccc(CO)cc3)C2)c1. The molecule has 1 aliphatic rings. The largest absolute Gasteiger partial charge is 0.392 e. The molecule has 1 aromatic carbocycles. The Morgan fingerprint density at radius 1 is 1.26 bits per heavy atom. The minimum Gasteiger partial charge on any atom is -0.392 e. The number of thiophene rings is 1. The average Bonchev–Trinajstić information content (AvgIpc) is 3.18. The molecule has 1 saturated heterocycles. The summed E-state index contributed by atoms with van der Waals surface area (Å²) < 4.78 is 27.3. The second-order valence-corrected chi connectivity index (χ2v) is 9.22. The maximum atomic E-state index is 12.6. The van der Waals surface area contributed by atoms with Crippen LogP contribution in [0.3, 0.4) is 0 Å². The van der Waals surface area contributed by atoms with Crippen molar-refractivity contribution < 1.29 is 13.5 Å². The Balaban J connectivity index is 1.66. The van der Waals surface area contributed by atoms with Gasteiger partial charge in [-0.15, -0.1) is 11.3 Å². The number of aliphatic hydroxyl groups excluding tert-OH is 1. The molecule has 23 heavy (non-hydrogen) atoms. The van der Waals surface area contributed by atoms with Crippen LogP contribution in [-0.2, 0) is 23.1 Å². The van der Waals surface area contributed by atoms with Crippen LogP contribution in [0.5, 0.6) is 0 Å². The number of aliphatic hydroxyl groups is 1. The van der Waals surface area contributed by atoms with Crippen molar-refractivity contribution in [3.63, 3.8) is 0 Å². The molecular formula is C17H21NO3S2. The molecule has 1 N–H and O–H groups in total. The molecule has 1 aromatic heterocycles. The number of hydrogen-bond acceptors (Lipinski definition) is 4. The van der Waals surface area contributed by atoms with Gasteiger partial charge in [0.15, 0.2) is 0 Å². The lowest BCUT2D eigenvalue weighted by Gasteiger charge is -2.15. The van der Waals surface area contributed by atoms with Crippen molar-refractivity contribution in [3.8, 4) is 0 Å². The van der Waals surface area contributed by atoms with Gasteiger partial charge >= 0.3 is 0 Å². The van der Waals surface area contributed by atoms with Gasteiger partial charge in [-0.25, -0.2) is 8.42 Å². The Bertz CT molecular complexity index is 765. The van der Waals surface area contributed by atoms with E-state index in [0.29, 0.717) is 23.2 Å². The predicted octanol–water partition coefficient (Wildman–Crippen LogP) is 2.80. The monoisotopic (exact) mass is 351 g/mol. The predicted molar refractivity (Wildman–Crippen MR) is 92.0 cm³/mol. The fourth-order valence-corrected chi connectivity index (χ4v) is 5.88. The van der Waals surface area contributed by atoms with Gasteiger partial charge in [-0.1, -0.05) is 24.3 Å². The molecule has 0 radical (unpaired) electrons. The standard InChI is InChI=1S/C17H21NO3S2/c1-13-8-17(22-12-13)23(20,21)18-7-6-16(10-18)9-14-2-4-15(11-19)5-3-14/h2-5,8,12,16,19H,6-7,9-11H2,1H3/t16-/m0/s1. The second-order valence-electron chi connectivity index (χ2n) is 6.14. The summed E-state index contributed by atoms with van der Waals surface area (Å²) in [6.07, 6.45) is 1.77. The Kier molecular flexibility index (Phi) is 4.87. The third kappa shape index (κ3) is 3.66. The number of benzene rings is 1. The molecule has 2 heterocycles. The van der Waals surface area contributed by atoms with Crippen LogP contribution in [0.15, 0.2) is 39.9 Å². The Hall–Kier alpha value is -1.21. The molecule has 0 amide bonds. The highest BCUT2D eigenvalue weighted by Crippen LogP contribution is 2.29. The van der Waals surface area contributed by atoms with Gasteiger partial charge in [-0.2, -0.15) is 4.31 Å². The van der Waals surface area contributed by atoms with Crippen LogP contribution in [0.4, 0.5) is 0 Å². The van der Waals surface area contributed by atoms with Gasteiger partial charge in [-0.05, 0) is 53.8 Å². The van der Waals surface area contributed by atoms with Gasteiger partial charge in [0.1, 0.15) is 4.21 Å². The molecule has 6 heteroatoms.